The number of likely N-dealkylation sites (N-methyl/N-ethyl adjacent to an activating group) is 1. The molecule has 1 aliphatic carbocycles. The predicted molar refractivity (Wildman–Crippen MR) is 73.2 cm³/mol. The van der Waals surface area contributed by atoms with Crippen molar-refractivity contribution in [3.05, 3.63) is 0 Å². The first-order valence-electron chi connectivity index (χ1n) is 7.29. The van der Waals surface area contributed by atoms with Crippen molar-refractivity contribution in [3.63, 3.8) is 0 Å². The summed E-state index contributed by atoms with van der Waals surface area (Å²) < 4.78 is 5.63. The zero-order chi connectivity index (χ0) is 12.3. The third-order valence-electron chi connectivity index (χ3n) is 3.41. The van der Waals surface area contributed by atoms with Gasteiger partial charge in [-0.3, -0.25) is 0 Å². The molecule has 3 heteroatoms. The average molecular weight is 242 g/mol. The molecule has 0 aliphatic heterocycles. The van der Waals surface area contributed by atoms with Crippen LogP contribution in [0.3, 0.4) is 0 Å². The Bertz CT molecular complexity index is 172. The highest BCUT2D eigenvalue weighted by molar-refractivity contribution is 4.71. The number of hydrogen-bond acceptors (Lipinski definition) is 3. The topological polar surface area (TPSA) is 38.5 Å². The number of unbranched alkanes of at least 4 members (excludes halogenated alkanes) is 4. The molecule has 102 valence electrons. The molecule has 1 saturated carbocycles. The Morgan fingerprint density at radius 1 is 1.06 bits per heavy atom. The van der Waals surface area contributed by atoms with Crippen molar-refractivity contribution in [2.75, 3.05) is 39.9 Å². The SMILES string of the molecule is CN(CCCCCCCN)CCOCC1CC1. The maximum Gasteiger partial charge on any atom is 0.0593 e. The van der Waals surface area contributed by atoms with Crippen LogP contribution in [0.2, 0.25) is 0 Å². The van der Waals surface area contributed by atoms with Crippen LogP contribution in [-0.2, 0) is 4.74 Å². The third-order valence-corrected chi connectivity index (χ3v) is 3.41. The zero-order valence-electron chi connectivity index (χ0n) is 11.5. The minimum Gasteiger partial charge on any atom is -0.380 e. The number of nitrogens with zero attached hydrogens (tertiary/aromatic N) is 1. The van der Waals surface area contributed by atoms with Gasteiger partial charge in [-0.1, -0.05) is 19.3 Å². The molecule has 0 aromatic carbocycles. The van der Waals surface area contributed by atoms with Crippen molar-refractivity contribution in [2.24, 2.45) is 11.7 Å². The van der Waals surface area contributed by atoms with E-state index in [1.165, 1.54) is 51.5 Å². The monoisotopic (exact) mass is 242 g/mol. The van der Waals surface area contributed by atoms with Crippen LogP contribution in [0.1, 0.15) is 44.9 Å². The molecular formula is C14H30N2O. The number of ether oxygens (including phenoxy) is 1. The lowest BCUT2D eigenvalue weighted by molar-refractivity contribution is 0.103. The van der Waals surface area contributed by atoms with Crippen LogP contribution in [0.15, 0.2) is 0 Å². The van der Waals surface area contributed by atoms with Gasteiger partial charge in [0.2, 0.25) is 0 Å². The summed E-state index contributed by atoms with van der Waals surface area (Å²) in [6.45, 7) is 5.02. The lowest BCUT2D eigenvalue weighted by atomic mass is 10.1. The Labute approximate surface area is 107 Å². The molecule has 1 aliphatic rings. The summed E-state index contributed by atoms with van der Waals surface area (Å²) in [6.07, 6.45) is 9.24. The highest BCUT2D eigenvalue weighted by Crippen LogP contribution is 2.28. The van der Waals surface area contributed by atoms with Gasteiger partial charge in [0.05, 0.1) is 6.61 Å². The molecule has 0 saturated heterocycles. The molecule has 17 heavy (non-hydrogen) atoms. The van der Waals surface area contributed by atoms with E-state index >= 15 is 0 Å². The molecule has 0 bridgehead atoms. The first-order chi connectivity index (χ1) is 8.33. The second-order valence-corrected chi connectivity index (χ2v) is 5.38. The maximum atomic E-state index is 5.63. The minimum atomic E-state index is 0.845. The second kappa shape index (κ2) is 9.86. The van der Waals surface area contributed by atoms with E-state index in [9.17, 15) is 0 Å². The number of rotatable bonds is 12. The van der Waals surface area contributed by atoms with E-state index in [1.807, 2.05) is 0 Å². The Kier molecular flexibility index (Phi) is 8.67. The van der Waals surface area contributed by atoms with Crippen molar-refractivity contribution in [3.8, 4) is 0 Å². The number of hydrogen-bond donors (Lipinski definition) is 1. The van der Waals surface area contributed by atoms with E-state index in [0.717, 1.165) is 32.2 Å². The van der Waals surface area contributed by atoms with Crippen molar-refractivity contribution >= 4 is 0 Å². The summed E-state index contributed by atoms with van der Waals surface area (Å²) in [5.41, 5.74) is 5.46. The van der Waals surface area contributed by atoms with E-state index in [4.69, 9.17) is 10.5 Å². The van der Waals surface area contributed by atoms with Gasteiger partial charge in [-0.15, -0.1) is 0 Å². The van der Waals surface area contributed by atoms with Crippen molar-refractivity contribution in [1.82, 2.24) is 4.90 Å². The first kappa shape index (κ1) is 14.9. The highest BCUT2D eigenvalue weighted by Gasteiger charge is 2.20. The fourth-order valence-electron chi connectivity index (χ4n) is 1.92. The van der Waals surface area contributed by atoms with Crippen LogP contribution < -0.4 is 5.73 Å². The Balaban J connectivity index is 1.75. The minimum absolute atomic E-state index is 0.845. The zero-order valence-corrected chi connectivity index (χ0v) is 11.5. The normalized spacial score (nSPS) is 15.7. The molecule has 1 rings (SSSR count). The van der Waals surface area contributed by atoms with Gasteiger partial charge in [-0.25, -0.2) is 0 Å². The molecule has 0 radical (unpaired) electrons. The molecule has 2 N–H and O–H groups in total. The molecule has 0 amide bonds. The lowest BCUT2D eigenvalue weighted by Crippen LogP contribution is -2.24. The molecule has 1 fully saturated rings. The van der Waals surface area contributed by atoms with Gasteiger partial charge in [-0.2, -0.15) is 0 Å². The van der Waals surface area contributed by atoms with Crippen LogP contribution in [0.25, 0.3) is 0 Å². The van der Waals surface area contributed by atoms with Crippen LogP contribution in [-0.4, -0.2) is 44.8 Å². The van der Waals surface area contributed by atoms with Crippen LogP contribution >= 0.6 is 0 Å². The van der Waals surface area contributed by atoms with Crippen LogP contribution in [0, 0.1) is 5.92 Å². The molecule has 0 unspecified atom stereocenters. The largest absolute Gasteiger partial charge is 0.380 e. The summed E-state index contributed by atoms with van der Waals surface area (Å²) in [6, 6.07) is 0. The maximum absolute atomic E-state index is 5.63. The Hall–Kier alpha value is -0.120. The molecule has 3 nitrogen and oxygen atoms in total. The van der Waals surface area contributed by atoms with E-state index in [1.54, 1.807) is 0 Å². The van der Waals surface area contributed by atoms with Gasteiger partial charge in [0.1, 0.15) is 0 Å². The third kappa shape index (κ3) is 9.57. The van der Waals surface area contributed by atoms with E-state index in [0.29, 0.717) is 0 Å². The van der Waals surface area contributed by atoms with Crippen molar-refractivity contribution in [1.29, 1.82) is 0 Å². The van der Waals surface area contributed by atoms with Gasteiger partial charge in [0.25, 0.3) is 0 Å². The van der Waals surface area contributed by atoms with Crippen molar-refractivity contribution < 1.29 is 4.74 Å². The fourth-order valence-corrected chi connectivity index (χ4v) is 1.92. The summed E-state index contributed by atoms with van der Waals surface area (Å²) >= 11 is 0. The smallest absolute Gasteiger partial charge is 0.0593 e. The Morgan fingerprint density at radius 3 is 2.47 bits per heavy atom. The second-order valence-electron chi connectivity index (χ2n) is 5.38. The highest BCUT2D eigenvalue weighted by atomic mass is 16.5. The molecule has 0 heterocycles. The van der Waals surface area contributed by atoms with Gasteiger partial charge in [0.15, 0.2) is 0 Å². The average Bonchev–Trinajstić information content (AvgIpc) is 3.13. The van der Waals surface area contributed by atoms with Gasteiger partial charge < -0.3 is 15.4 Å². The van der Waals surface area contributed by atoms with E-state index < -0.39 is 0 Å². The first-order valence-corrected chi connectivity index (χ1v) is 7.29. The van der Waals surface area contributed by atoms with Gasteiger partial charge in [-0.05, 0) is 51.7 Å². The van der Waals surface area contributed by atoms with E-state index in [2.05, 4.69) is 11.9 Å². The summed E-state index contributed by atoms with van der Waals surface area (Å²) in [4.78, 5) is 2.38. The van der Waals surface area contributed by atoms with E-state index in [-0.39, 0.29) is 0 Å². The molecule has 0 aromatic rings. The van der Waals surface area contributed by atoms with Crippen molar-refractivity contribution in [2.45, 2.75) is 44.9 Å². The van der Waals surface area contributed by atoms with Gasteiger partial charge in [0, 0.05) is 13.2 Å². The molecule has 0 atom stereocenters. The number of nitrogens with two attached hydrogens (primary N) is 1. The summed E-state index contributed by atoms with van der Waals surface area (Å²) in [5, 5.41) is 0. The van der Waals surface area contributed by atoms with Crippen LogP contribution in [0.4, 0.5) is 0 Å². The summed E-state index contributed by atoms with van der Waals surface area (Å²) in [5.74, 6) is 0.892. The predicted octanol–water partition coefficient (Wildman–Crippen LogP) is 2.25. The standard InChI is InChI=1S/C14H30N2O/c1-16(10-6-4-2-3-5-9-15)11-12-17-13-14-7-8-14/h14H,2-13,15H2,1H3. The quantitative estimate of drug-likeness (QED) is 0.534. The van der Waals surface area contributed by atoms with Gasteiger partial charge >= 0.3 is 0 Å². The van der Waals surface area contributed by atoms with Crippen LogP contribution in [0.5, 0.6) is 0 Å². The Morgan fingerprint density at radius 2 is 1.76 bits per heavy atom. The molecular weight excluding hydrogens is 212 g/mol. The molecule has 0 spiro atoms. The molecule has 0 aromatic heterocycles. The fraction of sp³-hybridized carbons (Fsp3) is 1.00. The summed E-state index contributed by atoms with van der Waals surface area (Å²) in [7, 11) is 2.19. The lowest BCUT2D eigenvalue weighted by Gasteiger charge is -2.16.